The predicted molar refractivity (Wildman–Crippen MR) is 40.5 cm³/mol. The van der Waals surface area contributed by atoms with Crippen LogP contribution >= 0.6 is 0 Å². The van der Waals surface area contributed by atoms with Gasteiger partial charge < -0.3 is 5.11 Å². The van der Waals surface area contributed by atoms with Gasteiger partial charge >= 0.3 is 0 Å². The molecule has 2 aliphatic rings. The molecule has 11 heavy (non-hydrogen) atoms. The zero-order valence-corrected chi connectivity index (χ0v) is 6.33. The summed E-state index contributed by atoms with van der Waals surface area (Å²) >= 11 is 0. The molecule has 0 heterocycles. The lowest BCUT2D eigenvalue weighted by atomic mass is 9.90. The van der Waals surface area contributed by atoms with E-state index in [0.29, 0.717) is 12.3 Å². The van der Waals surface area contributed by atoms with E-state index in [2.05, 4.69) is 6.08 Å². The number of allylic oxidation sites excluding steroid dienone is 1. The molecule has 3 atom stereocenters. The topological polar surface area (TPSA) is 44.0 Å². The maximum atomic E-state index is 9.76. The molecule has 0 aromatic rings. The van der Waals surface area contributed by atoms with Gasteiger partial charge in [-0.05, 0) is 25.2 Å². The normalized spacial score (nSPS) is 47.3. The summed E-state index contributed by atoms with van der Waals surface area (Å²) in [5, 5.41) is 18.5. The average Bonchev–Trinajstić information content (AvgIpc) is 2.55. The van der Waals surface area contributed by atoms with Gasteiger partial charge in [-0.25, -0.2) is 0 Å². The third-order valence-corrected chi connectivity index (χ3v) is 2.93. The molecule has 0 spiro atoms. The van der Waals surface area contributed by atoms with Crippen molar-refractivity contribution in [2.24, 2.45) is 11.8 Å². The Bertz CT molecular complexity index is 240. The fraction of sp³-hybridized carbons (Fsp3) is 0.667. The van der Waals surface area contributed by atoms with E-state index >= 15 is 0 Å². The van der Waals surface area contributed by atoms with Crippen molar-refractivity contribution >= 4 is 0 Å². The number of nitrogens with zero attached hydrogens (tertiary/aromatic N) is 1. The van der Waals surface area contributed by atoms with Crippen LogP contribution in [-0.4, -0.2) is 10.7 Å². The smallest absolute Gasteiger partial charge is 0.157 e. The van der Waals surface area contributed by atoms with Crippen LogP contribution in [-0.2, 0) is 0 Å². The Kier molecular flexibility index (Phi) is 1.30. The van der Waals surface area contributed by atoms with Gasteiger partial charge in [0.1, 0.15) is 0 Å². The highest BCUT2D eigenvalue weighted by Gasteiger charge is 2.47. The summed E-state index contributed by atoms with van der Waals surface area (Å²) in [5.41, 5.74) is -1.04. The predicted octanol–water partition coefficient (Wildman–Crippen LogP) is 1.23. The Balaban J connectivity index is 2.28. The van der Waals surface area contributed by atoms with Crippen molar-refractivity contribution in [1.29, 1.82) is 5.26 Å². The van der Waals surface area contributed by atoms with Gasteiger partial charge in [0.15, 0.2) is 5.60 Å². The van der Waals surface area contributed by atoms with Crippen molar-refractivity contribution in [3.8, 4) is 6.07 Å². The molecular formula is C9H11NO. The van der Waals surface area contributed by atoms with E-state index in [1.165, 1.54) is 0 Å². The maximum absolute atomic E-state index is 9.76. The van der Waals surface area contributed by atoms with Gasteiger partial charge in [-0.3, -0.25) is 0 Å². The molecule has 0 aromatic carbocycles. The zero-order valence-electron chi connectivity index (χ0n) is 6.33. The molecule has 2 heteroatoms. The quantitative estimate of drug-likeness (QED) is 0.416. The zero-order chi connectivity index (χ0) is 7.90. The molecule has 2 nitrogen and oxygen atoms in total. The van der Waals surface area contributed by atoms with Crippen LogP contribution in [0.3, 0.4) is 0 Å². The van der Waals surface area contributed by atoms with Crippen LogP contribution in [0.1, 0.15) is 19.3 Å². The summed E-state index contributed by atoms with van der Waals surface area (Å²) in [6, 6.07) is 2.02. The van der Waals surface area contributed by atoms with Crippen LogP contribution in [0.5, 0.6) is 0 Å². The molecule has 0 radical (unpaired) electrons. The highest BCUT2D eigenvalue weighted by Crippen LogP contribution is 2.45. The van der Waals surface area contributed by atoms with Crippen molar-refractivity contribution in [1.82, 2.24) is 0 Å². The van der Waals surface area contributed by atoms with Crippen molar-refractivity contribution in [2.45, 2.75) is 24.9 Å². The molecule has 58 valence electrons. The summed E-state index contributed by atoms with van der Waals surface area (Å²) in [7, 11) is 0. The van der Waals surface area contributed by atoms with Gasteiger partial charge in [0.25, 0.3) is 0 Å². The first-order chi connectivity index (χ1) is 5.26. The van der Waals surface area contributed by atoms with Crippen LogP contribution in [0.4, 0.5) is 0 Å². The second kappa shape index (κ2) is 2.09. The lowest BCUT2D eigenvalue weighted by Crippen LogP contribution is -2.30. The Morgan fingerprint density at radius 1 is 1.64 bits per heavy atom. The number of aliphatic hydroxyl groups is 1. The van der Waals surface area contributed by atoms with E-state index in [0.717, 1.165) is 12.8 Å². The first-order valence-electron chi connectivity index (χ1n) is 4.06. The molecule has 0 amide bonds. The number of hydrogen-bond acceptors (Lipinski definition) is 2. The summed E-state index contributed by atoms with van der Waals surface area (Å²) in [6.07, 6.45) is 6.79. The Hall–Kier alpha value is -0.810. The Morgan fingerprint density at radius 3 is 3.18 bits per heavy atom. The summed E-state index contributed by atoms with van der Waals surface area (Å²) in [5.74, 6) is 0.659. The molecule has 0 saturated heterocycles. The number of rotatable bonds is 0. The molecule has 1 fully saturated rings. The van der Waals surface area contributed by atoms with Crippen LogP contribution in [0.25, 0.3) is 0 Å². The Morgan fingerprint density at radius 2 is 2.45 bits per heavy atom. The molecule has 0 aliphatic heterocycles. The third-order valence-electron chi connectivity index (χ3n) is 2.93. The van der Waals surface area contributed by atoms with Gasteiger partial charge in [0.2, 0.25) is 0 Å². The van der Waals surface area contributed by atoms with E-state index < -0.39 is 5.60 Å². The van der Waals surface area contributed by atoms with Gasteiger partial charge in [-0.1, -0.05) is 12.2 Å². The number of fused-ring (bicyclic) bond motifs is 1. The van der Waals surface area contributed by atoms with Crippen LogP contribution in [0.2, 0.25) is 0 Å². The highest BCUT2D eigenvalue weighted by molar-refractivity contribution is 5.20. The van der Waals surface area contributed by atoms with Gasteiger partial charge in [0.05, 0.1) is 6.07 Å². The largest absolute Gasteiger partial charge is 0.375 e. The minimum atomic E-state index is -1.04. The second-order valence-electron chi connectivity index (χ2n) is 3.52. The van der Waals surface area contributed by atoms with E-state index in [-0.39, 0.29) is 5.92 Å². The third kappa shape index (κ3) is 0.812. The molecule has 0 aromatic heterocycles. The second-order valence-corrected chi connectivity index (χ2v) is 3.52. The Labute approximate surface area is 66.1 Å². The molecule has 2 aliphatic carbocycles. The first kappa shape index (κ1) is 6.87. The van der Waals surface area contributed by atoms with Crippen molar-refractivity contribution in [3.05, 3.63) is 12.2 Å². The lowest BCUT2D eigenvalue weighted by molar-refractivity contribution is 0.0713. The summed E-state index contributed by atoms with van der Waals surface area (Å²) < 4.78 is 0. The van der Waals surface area contributed by atoms with Crippen LogP contribution in [0, 0.1) is 23.2 Å². The fourth-order valence-corrected chi connectivity index (χ4v) is 2.25. The number of nitriles is 1. The molecule has 2 rings (SSSR count). The highest BCUT2D eigenvalue weighted by atomic mass is 16.3. The molecule has 0 unspecified atom stereocenters. The minimum Gasteiger partial charge on any atom is -0.375 e. The maximum Gasteiger partial charge on any atom is 0.157 e. The number of hydrogen-bond donors (Lipinski definition) is 1. The van der Waals surface area contributed by atoms with Crippen molar-refractivity contribution in [3.63, 3.8) is 0 Å². The first-order valence-corrected chi connectivity index (χ1v) is 4.06. The molecule has 1 saturated carbocycles. The fourth-order valence-electron chi connectivity index (χ4n) is 2.25. The monoisotopic (exact) mass is 149 g/mol. The van der Waals surface area contributed by atoms with Gasteiger partial charge in [0, 0.05) is 5.92 Å². The standard InChI is InChI=1S/C9H11NO/c10-6-9(11)5-4-7-2-1-3-8(7)9/h1,3,7-8,11H,2,4-5H2/t7-,8-,9+/m1/s1. The summed E-state index contributed by atoms with van der Waals surface area (Å²) in [6.45, 7) is 0. The van der Waals surface area contributed by atoms with Crippen LogP contribution in [0.15, 0.2) is 12.2 Å². The molecule has 0 bridgehead atoms. The van der Waals surface area contributed by atoms with Gasteiger partial charge in [-0.2, -0.15) is 5.26 Å². The molecule has 1 N–H and O–H groups in total. The summed E-state index contributed by atoms with van der Waals surface area (Å²) in [4.78, 5) is 0. The minimum absolute atomic E-state index is 0.118. The van der Waals surface area contributed by atoms with E-state index in [1.54, 1.807) is 0 Å². The van der Waals surface area contributed by atoms with Crippen molar-refractivity contribution < 1.29 is 5.11 Å². The molecular weight excluding hydrogens is 138 g/mol. The van der Waals surface area contributed by atoms with Gasteiger partial charge in [-0.15, -0.1) is 0 Å². The van der Waals surface area contributed by atoms with Crippen molar-refractivity contribution in [2.75, 3.05) is 0 Å². The SMILES string of the molecule is N#C[C@@]1(O)CC[C@H]2CC=C[C@H]21. The van der Waals surface area contributed by atoms with E-state index in [1.807, 2.05) is 12.1 Å². The van der Waals surface area contributed by atoms with Crippen LogP contribution < -0.4 is 0 Å². The lowest BCUT2D eigenvalue weighted by Gasteiger charge is -2.19. The van der Waals surface area contributed by atoms with E-state index in [4.69, 9.17) is 5.26 Å². The van der Waals surface area contributed by atoms with E-state index in [9.17, 15) is 5.11 Å². The average molecular weight is 149 g/mol.